The minimum Gasteiger partial charge on any atom is -0.325 e. The molecular formula is C17H23ClN2. The van der Waals surface area contributed by atoms with Gasteiger partial charge in [-0.25, -0.2) is 4.98 Å². The zero-order valence-electron chi connectivity index (χ0n) is 12.4. The van der Waals surface area contributed by atoms with Gasteiger partial charge >= 0.3 is 0 Å². The molecular weight excluding hydrogens is 268 g/mol. The van der Waals surface area contributed by atoms with Gasteiger partial charge in [0.2, 0.25) is 0 Å². The third kappa shape index (κ3) is 2.46. The van der Waals surface area contributed by atoms with Gasteiger partial charge in [0.05, 0.1) is 11.0 Å². The van der Waals surface area contributed by atoms with Crippen molar-refractivity contribution in [3.8, 4) is 0 Å². The van der Waals surface area contributed by atoms with Crippen LogP contribution >= 0.6 is 11.6 Å². The van der Waals surface area contributed by atoms with Crippen molar-refractivity contribution in [2.24, 2.45) is 0 Å². The van der Waals surface area contributed by atoms with Crippen molar-refractivity contribution in [2.75, 3.05) is 0 Å². The van der Waals surface area contributed by atoms with Crippen molar-refractivity contribution in [2.45, 2.75) is 64.3 Å². The number of hydrogen-bond donors (Lipinski definition) is 0. The Labute approximate surface area is 126 Å². The molecule has 0 saturated heterocycles. The van der Waals surface area contributed by atoms with E-state index in [1.165, 1.54) is 43.4 Å². The molecule has 0 spiro atoms. The predicted octanol–water partition coefficient (Wildman–Crippen LogP) is 5.71. The molecule has 1 atom stereocenters. The van der Waals surface area contributed by atoms with Crippen LogP contribution in [0, 0.1) is 0 Å². The van der Waals surface area contributed by atoms with Gasteiger partial charge < -0.3 is 4.57 Å². The monoisotopic (exact) mass is 290 g/mol. The van der Waals surface area contributed by atoms with E-state index in [4.69, 9.17) is 16.6 Å². The highest BCUT2D eigenvalue weighted by Gasteiger charge is 2.24. The van der Waals surface area contributed by atoms with Crippen LogP contribution in [-0.4, -0.2) is 9.55 Å². The van der Waals surface area contributed by atoms with E-state index in [1.807, 2.05) is 6.07 Å². The quantitative estimate of drug-likeness (QED) is 0.708. The summed E-state index contributed by atoms with van der Waals surface area (Å²) in [5.74, 6) is 1.92. The molecule has 1 unspecified atom stereocenters. The normalized spacial score (nSPS) is 18.6. The third-order valence-electron chi connectivity index (χ3n) is 4.68. The fourth-order valence-corrected chi connectivity index (χ4v) is 3.55. The Kier molecular flexibility index (Phi) is 4.02. The van der Waals surface area contributed by atoms with Gasteiger partial charge in [-0.2, -0.15) is 0 Å². The van der Waals surface area contributed by atoms with E-state index in [9.17, 15) is 0 Å². The number of aromatic nitrogens is 2. The minimum atomic E-state index is 0.482. The first-order valence-electron chi connectivity index (χ1n) is 7.88. The average Bonchev–Trinajstić information content (AvgIpc) is 2.86. The molecule has 0 aliphatic heterocycles. The lowest BCUT2D eigenvalue weighted by Crippen LogP contribution is -2.14. The summed E-state index contributed by atoms with van der Waals surface area (Å²) in [6, 6.07) is 6.56. The molecule has 0 N–H and O–H groups in total. The lowest BCUT2D eigenvalue weighted by Gasteiger charge is -2.24. The number of imidazole rings is 1. The number of hydrogen-bond acceptors (Lipinski definition) is 1. The standard InChI is InChI=1S/C17H23ClN2/c1-3-12(2)20-16-11-14(18)9-10-15(16)19-17(20)13-7-5-4-6-8-13/h9-13H,3-8H2,1-2H3. The second-order valence-corrected chi connectivity index (χ2v) is 6.50. The Morgan fingerprint density at radius 2 is 2.05 bits per heavy atom. The Bertz CT molecular complexity index is 596. The Hall–Kier alpha value is -1.02. The summed E-state index contributed by atoms with van der Waals surface area (Å²) in [5, 5.41) is 0.803. The van der Waals surface area contributed by atoms with Gasteiger partial charge in [0.15, 0.2) is 0 Å². The van der Waals surface area contributed by atoms with Gasteiger partial charge in [-0.1, -0.05) is 37.8 Å². The molecule has 0 amide bonds. The number of rotatable bonds is 3. The summed E-state index contributed by atoms with van der Waals surface area (Å²) in [4.78, 5) is 4.95. The smallest absolute Gasteiger partial charge is 0.113 e. The molecule has 0 radical (unpaired) electrons. The van der Waals surface area contributed by atoms with Gasteiger partial charge in [0.25, 0.3) is 0 Å². The van der Waals surface area contributed by atoms with E-state index in [0.717, 1.165) is 17.0 Å². The van der Waals surface area contributed by atoms with E-state index >= 15 is 0 Å². The molecule has 1 fully saturated rings. The van der Waals surface area contributed by atoms with Gasteiger partial charge in [0, 0.05) is 17.0 Å². The van der Waals surface area contributed by atoms with E-state index in [0.29, 0.717) is 12.0 Å². The van der Waals surface area contributed by atoms with Crippen LogP contribution < -0.4 is 0 Å². The van der Waals surface area contributed by atoms with Crippen molar-refractivity contribution in [1.82, 2.24) is 9.55 Å². The largest absolute Gasteiger partial charge is 0.325 e. The van der Waals surface area contributed by atoms with Crippen LogP contribution in [0.4, 0.5) is 0 Å². The van der Waals surface area contributed by atoms with Crippen LogP contribution in [0.3, 0.4) is 0 Å². The highest BCUT2D eigenvalue weighted by molar-refractivity contribution is 6.31. The first-order chi connectivity index (χ1) is 9.70. The predicted molar refractivity (Wildman–Crippen MR) is 85.6 cm³/mol. The fraction of sp³-hybridized carbons (Fsp3) is 0.588. The molecule has 2 aromatic rings. The maximum atomic E-state index is 6.19. The van der Waals surface area contributed by atoms with Crippen molar-refractivity contribution < 1.29 is 0 Å². The van der Waals surface area contributed by atoms with Crippen LogP contribution in [0.2, 0.25) is 5.02 Å². The van der Waals surface area contributed by atoms with Crippen LogP contribution in [0.1, 0.15) is 70.2 Å². The topological polar surface area (TPSA) is 17.8 Å². The Morgan fingerprint density at radius 1 is 1.30 bits per heavy atom. The first kappa shape index (κ1) is 13.9. The summed E-state index contributed by atoms with van der Waals surface area (Å²) in [7, 11) is 0. The lowest BCUT2D eigenvalue weighted by atomic mass is 9.88. The molecule has 3 rings (SSSR count). The Balaban J connectivity index is 2.13. The molecule has 1 heterocycles. The van der Waals surface area contributed by atoms with Crippen LogP contribution in [0.15, 0.2) is 18.2 Å². The number of nitrogens with zero attached hydrogens (tertiary/aromatic N) is 2. The molecule has 0 bridgehead atoms. The summed E-state index contributed by atoms with van der Waals surface area (Å²) < 4.78 is 2.44. The zero-order chi connectivity index (χ0) is 14.1. The van der Waals surface area contributed by atoms with Gasteiger partial charge in [-0.05, 0) is 44.4 Å². The second-order valence-electron chi connectivity index (χ2n) is 6.07. The molecule has 1 saturated carbocycles. The van der Waals surface area contributed by atoms with E-state index in [2.05, 4.69) is 30.5 Å². The molecule has 1 aromatic carbocycles. The molecule has 20 heavy (non-hydrogen) atoms. The van der Waals surface area contributed by atoms with Gasteiger partial charge in [-0.3, -0.25) is 0 Å². The van der Waals surface area contributed by atoms with Crippen LogP contribution in [0.25, 0.3) is 11.0 Å². The van der Waals surface area contributed by atoms with Crippen molar-refractivity contribution in [1.29, 1.82) is 0 Å². The molecule has 1 aliphatic rings. The summed E-state index contributed by atoms with van der Waals surface area (Å²) in [6.45, 7) is 4.53. The average molecular weight is 291 g/mol. The van der Waals surface area contributed by atoms with Crippen LogP contribution in [-0.2, 0) is 0 Å². The van der Waals surface area contributed by atoms with Crippen molar-refractivity contribution in [3.63, 3.8) is 0 Å². The number of benzene rings is 1. The summed E-state index contributed by atoms with van der Waals surface area (Å²) in [6.07, 6.45) is 7.76. The number of halogens is 1. The highest BCUT2D eigenvalue weighted by atomic mass is 35.5. The van der Waals surface area contributed by atoms with Gasteiger partial charge in [0.1, 0.15) is 5.82 Å². The molecule has 2 nitrogen and oxygen atoms in total. The second kappa shape index (κ2) is 5.77. The van der Waals surface area contributed by atoms with E-state index in [-0.39, 0.29) is 0 Å². The molecule has 1 aliphatic carbocycles. The lowest BCUT2D eigenvalue weighted by molar-refractivity contribution is 0.402. The van der Waals surface area contributed by atoms with E-state index < -0.39 is 0 Å². The van der Waals surface area contributed by atoms with Crippen LogP contribution in [0.5, 0.6) is 0 Å². The third-order valence-corrected chi connectivity index (χ3v) is 4.92. The fourth-order valence-electron chi connectivity index (χ4n) is 3.38. The zero-order valence-corrected chi connectivity index (χ0v) is 13.2. The molecule has 3 heteroatoms. The SMILES string of the molecule is CCC(C)n1c(C2CCCCC2)nc2ccc(Cl)cc21. The minimum absolute atomic E-state index is 0.482. The van der Waals surface area contributed by atoms with Crippen molar-refractivity contribution >= 4 is 22.6 Å². The molecule has 1 aromatic heterocycles. The van der Waals surface area contributed by atoms with Gasteiger partial charge in [-0.15, -0.1) is 0 Å². The summed E-state index contributed by atoms with van der Waals surface area (Å²) >= 11 is 6.19. The number of fused-ring (bicyclic) bond motifs is 1. The summed E-state index contributed by atoms with van der Waals surface area (Å²) in [5.41, 5.74) is 2.29. The van der Waals surface area contributed by atoms with Crippen molar-refractivity contribution in [3.05, 3.63) is 29.0 Å². The maximum Gasteiger partial charge on any atom is 0.113 e. The van der Waals surface area contributed by atoms with E-state index in [1.54, 1.807) is 0 Å². The highest BCUT2D eigenvalue weighted by Crippen LogP contribution is 2.36. The maximum absolute atomic E-state index is 6.19. The first-order valence-corrected chi connectivity index (χ1v) is 8.26. The Morgan fingerprint density at radius 3 is 2.75 bits per heavy atom. The molecule has 108 valence electrons.